The van der Waals surface area contributed by atoms with Crippen LogP contribution in [-0.2, 0) is 6.42 Å². The number of hydrogen-bond acceptors (Lipinski definition) is 7. The summed E-state index contributed by atoms with van der Waals surface area (Å²) in [6.07, 6.45) is 1.92. The van der Waals surface area contributed by atoms with Crippen LogP contribution in [0.15, 0.2) is 15.4 Å². The van der Waals surface area contributed by atoms with Gasteiger partial charge in [-0.3, -0.25) is 0 Å². The van der Waals surface area contributed by atoms with E-state index in [1.165, 1.54) is 23.3 Å². The molecule has 0 aliphatic heterocycles. The van der Waals surface area contributed by atoms with E-state index in [-0.39, 0.29) is 0 Å². The molecule has 0 atom stereocenters. The Morgan fingerprint density at radius 2 is 2.17 bits per heavy atom. The van der Waals surface area contributed by atoms with E-state index in [0.717, 1.165) is 39.7 Å². The van der Waals surface area contributed by atoms with Gasteiger partial charge in [-0.05, 0) is 36.6 Å². The molecule has 0 fully saturated rings. The first kappa shape index (κ1) is 13.2. The van der Waals surface area contributed by atoms with Gasteiger partial charge in [0, 0.05) is 19.5 Å². The normalized spacial score (nSPS) is 10.6. The average Bonchev–Trinajstić information content (AvgIpc) is 2.75. The average molecular weight is 281 g/mol. The Hall–Kier alpha value is -1.21. The number of nitrogens with one attached hydrogen (secondary N) is 1. The summed E-state index contributed by atoms with van der Waals surface area (Å²) < 4.78 is 5.08. The number of rotatable bonds is 5. The van der Waals surface area contributed by atoms with Crippen LogP contribution in [0.3, 0.4) is 0 Å². The molecule has 0 aliphatic carbocycles. The van der Waals surface area contributed by atoms with Crippen molar-refractivity contribution in [2.75, 3.05) is 12.4 Å². The molecule has 2 heterocycles. The van der Waals surface area contributed by atoms with E-state index in [1.807, 2.05) is 20.0 Å². The summed E-state index contributed by atoms with van der Waals surface area (Å²) in [5, 5.41) is 3.97. The van der Waals surface area contributed by atoms with Gasteiger partial charge in [0.05, 0.1) is 0 Å². The minimum Gasteiger partial charge on any atom is -0.373 e. The van der Waals surface area contributed by atoms with Crippen molar-refractivity contribution in [1.29, 1.82) is 0 Å². The van der Waals surface area contributed by atoms with E-state index in [1.54, 1.807) is 0 Å². The summed E-state index contributed by atoms with van der Waals surface area (Å²) in [4.78, 5) is 13.3. The first-order chi connectivity index (χ1) is 8.71. The lowest BCUT2D eigenvalue weighted by atomic mass is 10.3. The van der Waals surface area contributed by atoms with Gasteiger partial charge >= 0.3 is 0 Å². The zero-order valence-electron chi connectivity index (χ0n) is 10.6. The summed E-state index contributed by atoms with van der Waals surface area (Å²) in [5.41, 5.74) is 0. The predicted octanol–water partition coefficient (Wildman–Crippen LogP) is 2.78. The van der Waals surface area contributed by atoms with Gasteiger partial charge in [0.15, 0.2) is 4.34 Å². The topological polar surface area (TPSA) is 63.6 Å². The minimum absolute atomic E-state index is 0.805. The Bertz CT molecular complexity index is 526. The number of nitrogens with zero attached hydrogens (tertiary/aromatic N) is 4. The van der Waals surface area contributed by atoms with Crippen molar-refractivity contribution >= 4 is 29.1 Å². The molecule has 0 bridgehead atoms. The first-order valence-electron chi connectivity index (χ1n) is 5.75. The lowest BCUT2D eigenvalue weighted by Gasteiger charge is -2.05. The van der Waals surface area contributed by atoms with Crippen LogP contribution in [-0.4, -0.2) is 26.4 Å². The quantitative estimate of drug-likeness (QED) is 0.850. The van der Waals surface area contributed by atoms with Crippen molar-refractivity contribution < 1.29 is 0 Å². The Labute approximate surface area is 115 Å². The van der Waals surface area contributed by atoms with Crippen molar-refractivity contribution in [1.82, 2.24) is 19.3 Å². The molecule has 0 radical (unpaired) electrons. The second-order valence-corrected chi connectivity index (χ2v) is 5.74. The van der Waals surface area contributed by atoms with Gasteiger partial charge in [0.25, 0.3) is 0 Å². The highest BCUT2D eigenvalue weighted by molar-refractivity contribution is 8.00. The predicted molar refractivity (Wildman–Crippen MR) is 74.3 cm³/mol. The Kier molecular flexibility index (Phi) is 4.48. The van der Waals surface area contributed by atoms with Gasteiger partial charge in [-0.1, -0.05) is 6.92 Å². The van der Waals surface area contributed by atoms with Gasteiger partial charge < -0.3 is 5.32 Å². The maximum Gasteiger partial charge on any atom is 0.176 e. The maximum absolute atomic E-state index is 4.53. The standard InChI is InChI=1S/C11H15N5S2/c1-4-5-8-14-9(12-3)6-10(15-8)17-11-13-7(2)16-18-11/h6H,4-5H2,1-3H3,(H,12,14,15). The highest BCUT2D eigenvalue weighted by Gasteiger charge is 2.08. The monoisotopic (exact) mass is 281 g/mol. The first-order valence-corrected chi connectivity index (χ1v) is 7.34. The van der Waals surface area contributed by atoms with E-state index in [4.69, 9.17) is 0 Å². The third kappa shape index (κ3) is 3.39. The molecule has 0 unspecified atom stereocenters. The van der Waals surface area contributed by atoms with E-state index in [2.05, 4.69) is 31.6 Å². The van der Waals surface area contributed by atoms with Crippen LogP contribution in [0, 0.1) is 6.92 Å². The molecule has 7 heteroatoms. The SMILES string of the molecule is CCCc1nc(NC)cc(Sc2nc(C)ns2)n1. The zero-order valence-corrected chi connectivity index (χ0v) is 12.2. The van der Waals surface area contributed by atoms with E-state index in [9.17, 15) is 0 Å². The molecule has 2 aromatic heterocycles. The minimum atomic E-state index is 0.805. The van der Waals surface area contributed by atoms with Crippen LogP contribution in [0.25, 0.3) is 0 Å². The largest absolute Gasteiger partial charge is 0.373 e. The second-order valence-electron chi connectivity index (χ2n) is 3.72. The van der Waals surface area contributed by atoms with Crippen molar-refractivity contribution in [3.05, 3.63) is 17.7 Å². The van der Waals surface area contributed by atoms with E-state index in [0.29, 0.717) is 0 Å². The van der Waals surface area contributed by atoms with Crippen molar-refractivity contribution in [3.63, 3.8) is 0 Å². The fourth-order valence-corrected chi connectivity index (χ4v) is 3.02. The molecule has 2 rings (SSSR count). The summed E-state index contributed by atoms with van der Waals surface area (Å²) >= 11 is 2.93. The number of aromatic nitrogens is 4. The zero-order chi connectivity index (χ0) is 13.0. The van der Waals surface area contributed by atoms with Crippen LogP contribution in [0.4, 0.5) is 5.82 Å². The number of anilines is 1. The summed E-state index contributed by atoms with van der Waals surface area (Å²) in [6, 6.07) is 1.93. The summed E-state index contributed by atoms with van der Waals surface area (Å²) in [7, 11) is 1.86. The molecule has 0 spiro atoms. The molecule has 5 nitrogen and oxygen atoms in total. The number of hydrogen-bond donors (Lipinski definition) is 1. The second kappa shape index (κ2) is 6.10. The molecule has 96 valence electrons. The van der Waals surface area contributed by atoms with Gasteiger partial charge in [0.1, 0.15) is 22.5 Å². The van der Waals surface area contributed by atoms with E-state index < -0.39 is 0 Å². The lowest BCUT2D eigenvalue weighted by molar-refractivity contribution is 0.811. The van der Waals surface area contributed by atoms with Crippen LogP contribution in [0.1, 0.15) is 25.0 Å². The van der Waals surface area contributed by atoms with Crippen molar-refractivity contribution in [2.45, 2.75) is 36.1 Å². The van der Waals surface area contributed by atoms with Gasteiger partial charge in [-0.2, -0.15) is 4.37 Å². The van der Waals surface area contributed by atoms with Crippen molar-refractivity contribution in [2.24, 2.45) is 0 Å². The molecule has 0 aliphatic rings. The molecule has 0 amide bonds. The van der Waals surface area contributed by atoms with Gasteiger partial charge in [0.2, 0.25) is 0 Å². The Balaban J connectivity index is 2.23. The fourth-order valence-electron chi connectivity index (χ4n) is 1.40. The van der Waals surface area contributed by atoms with Crippen LogP contribution >= 0.6 is 23.3 Å². The number of aryl methyl sites for hydroxylation is 2. The molecule has 2 aromatic rings. The Morgan fingerprint density at radius 1 is 1.33 bits per heavy atom. The molecule has 1 N–H and O–H groups in total. The van der Waals surface area contributed by atoms with Gasteiger partial charge in [-0.15, -0.1) is 0 Å². The highest BCUT2D eigenvalue weighted by Crippen LogP contribution is 2.28. The molecule has 0 saturated heterocycles. The fraction of sp³-hybridized carbons (Fsp3) is 0.455. The van der Waals surface area contributed by atoms with Crippen LogP contribution in [0.2, 0.25) is 0 Å². The summed E-state index contributed by atoms with van der Waals surface area (Å²) in [6.45, 7) is 4.01. The molecule has 0 saturated carbocycles. The summed E-state index contributed by atoms with van der Waals surface area (Å²) in [5.74, 6) is 2.52. The van der Waals surface area contributed by atoms with Crippen LogP contribution < -0.4 is 5.32 Å². The third-order valence-corrected chi connectivity index (χ3v) is 3.94. The Morgan fingerprint density at radius 3 is 2.78 bits per heavy atom. The van der Waals surface area contributed by atoms with E-state index >= 15 is 0 Å². The van der Waals surface area contributed by atoms with Crippen LogP contribution in [0.5, 0.6) is 0 Å². The van der Waals surface area contributed by atoms with Crippen molar-refractivity contribution in [3.8, 4) is 0 Å². The molecule has 18 heavy (non-hydrogen) atoms. The molecular weight excluding hydrogens is 266 g/mol. The molecular formula is C11H15N5S2. The highest BCUT2D eigenvalue weighted by atomic mass is 32.2. The smallest absolute Gasteiger partial charge is 0.176 e. The molecule has 0 aromatic carbocycles. The third-order valence-electron chi connectivity index (χ3n) is 2.18. The lowest BCUT2D eigenvalue weighted by Crippen LogP contribution is -2.01. The maximum atomic E-state index is 4.53. The van der Waals surface area contributed by atoms with Gasteiger partial charge in [-0.25, -0.2) is 15.0 Å².